The van der Waals surface area contributed by atoms with Gasteiger partial charge in [-0.25, -0.2) is 8.78 Å². The molecule has 0 aliphatic heterocycles. The molecule has 0 radical (unpaired) electrons. The lowest BCUT2D eigenvalue weighted by molar-refractivity contribution is 0.167. The Morgan fingerprint density at radius 2 is 2.07 bits per heavy atom. The molecule has 84 valence electrons. The Bertz CT molecular complexity index is 317. The molecule has 1 rings (SSSR count). The molecule has 0 aliphatic rings. The summed E-state index contributed by atoms with van der Waals surface area (Å²) in [5, 5.41) is 0. The van der Waals surface area contributed by atoms with Crippen LogP contribution in [0.25, 0.3) is 0 Å². The molecule has 0 aliphatic carbocycles. The summed E-state index contributed by atoms with van der Waals surface area (Å²) in [6.07, 6.45) is 0.480. The summed E-state index contributed by atoms with van der Waals surface area (Å²) < 4.78 is 27.6. The van der Waals surface area contributed by atoms with Gasteiger partial charge in [-0.2, -0.15) is 0 Å². The molecule has 0 aromatic heterocycles. The quantitative estimate of drug-likeness (QED) is 0.899. The van der Waals surface area contributed by atoms with Crippen LogP contribution in [0, 0.1) is 5.82 Å². The van der Waals surface area contributed by atoms with Gasteiger partial charge in [0, 0.05) is 17.4 Å². The topological polar surface area (TPSA) is 26.0 Å². The van der Waals surface area contributed by atoms with Gasteiger partial charge in [-0.3, -0.25) is 0 Å². The Hall–Kier alpha value is -0.480. The monoisotopic (exact) mass is 277 g/mol. The van der Waals surface area contributed by atoms with E-state index in [1.807, 2.05) is 0 Å². The second-order valence-corrected chi connectivity index (χ2v) is 4.58. The van der Waals surface area contributed by atoms with Crippen LogP contribution in [-0.2, 0) is 6.42 Å². The molecule has 0 heterocycles. The van der Waals surface area contributed by atoms with Crippen molar-refractivity contribution in [2.45, 2.75) is 25.4 Å². The average Bonchev–Trinajstić information content (AvgIpc) is 2.16. The van der Waals surface area contributed by atoms with Crippen LogP contribution in [0.5, 0.6) is 0 Å². The van der Waals surface area contributed by atoms with Crippen LogP contribution in [0.3, 0.4) is 0 Å². The van der Waals surface area contributed by atoms with Crippen molar-refractivity contribution in [2.24, 2.45) is 5.73 Å². The average molecular weight is 278 g/mol. The summed E-state index contributed by atoms with van der Waals surface area (Å²) >= 11 is 3.17. The van der Waals surface area contributed by atoms with Crippen molar-refractivity contribution < 1.29 is 8.78 Å². The van der Waals surface area contributed by atoms with E-state index in [9.17, 15) is 8.78 Å². The standard InChI is InChI=1S/C11H14BrF2N/c1-2-11(14,7-15)6-8-3-9(12)5-10(13)4-8/h3-5H,2,6-7,15H2,1H3. The van der Waals surface area contributed by atoms with Crippen molar-refractivity contribution in [3.63, 3.8) is 0 Å². The van der Waals surface area contributed by atoms with Gasteiger partial charge in [-0.15, -0.1) is 0 Å². The molecule has 1 nitrogen and oxygen atoms in total. The molecule has 15 heavy (non-hydrogen) atoms. The summed E-state index contributed by atoms with van der Waals surface area (Å²) in [5.41, 5.74) is 4.55. The maximum absolute atomic E-state index is 13.9. The van der Waals surface area contributed by atoms with Crippen molar-refractivity contribution in [1.29, 1.82) is 0 Å². The predicted octanol–water partition coefficient (Wildman–Crippen LogP) is 3.21. The van der Waals surface area contributed by atoms with Crippen molar-refractivity contribution in [1.82, 2.24) is 0 Å². The van der Waals surface area contributed by atoms with Gasteiger partial charge in [0.1, 0.15) is 11.5 Å². The third-order valence-corrected chi connectivity index (χ3v) is 2.90. The van der Waals surface area contributed by atoms with Crippen LogP contribution in [-0.4, -0.2) is 12.2 Å². The number of hydrogen-bond donors (Lipinski definition) is 1. The number of nitrogens with two attached hydrogens (primary N) is 1. The van der Waals surface area contributed by atoms with Gasteiger partial charge in [0.05, 0.1) is 0 Å². The summed E-state index contributed by atoms with van der Waals surface area (Å²) in [6, 6.07) is 4.39. The van der Waals surface area contributed by atoms with Crippen molar-refractivity contribution in [3.05, 3.63) is 34.1 Å². The third kappa shape index (κ3) is 3.54. The van der Waals surface area contributed by atoms with E-state index < -0.39 is 5.67 Å². The lowest BCUT2D eigenvalue weighted by Crippen LogP contribution is -2.34. The largest absolute Gasteiger partial charge is 0.328 e. The van der Waals surface area contributed by atoms with E-state index in [0.717, 1.165) is 0 Å². The number of rotatable bonds is 4. The summed E-state index contributed by atoms with van der Waals surface area (Å²) in [6.45, 7) is 1.69. The molecule has 4 heteroatoms. The van der Waals surface area contributed by atoms with Gasteiger partial charge in [0.2, 0.25) is 0 Å². The van der Waals surface area contributed by atoms with E-state index in [1.54, 1.807) is 13.0 Å². The Balaban J connectivity index is 2.88. The molecule has 0 amide bonds. The molecule has 1 aromatic rings. The van der Waals surface area contributed by atoms with Crippen LogP contribution in [0.2, 0.25) is 0 Å². The van der Waals surface area contributed by atoms with E-state index >= 15 is 0 Å². The fraction of sp³-hybridized carbons (Fsp3) is 0.455. The van der Waals surface area contributed by atoms with E-state index in [-0.39, 0.29) is 18.8 Å². The van der Waals surface area contributed by atoms with E-state index in [2.05, 4.69) is 15.9 Å². The van der Waals surface area contributed by atoms with Gasteiger partial charge in [-0.1, -0.05) is 22.9 Å². The molecule has 1 atom stereocenters. The van der Waals surface area contributed by atoms with Crippen LogP contribution >= 0.6 is 15.9 Å². The number of alkyl halides is 1. The molecular weight excluding hydrogens is 264 g/mol. The summed E-state index contributed by atoms with van der Waals surface area (Å²) in [7, 11) is 0. The molecule has 0 bridgehead atoms. The van der Waals surface area contributed by atoms with Crippen LogP contribution in [0.15, 0.2) is 22.7 Å². The fourth-order valence-electron chi connectivity index (χ4n) is 1.42. The van der Waals surface area contributed by atoms with Crippen molar-refractivity contribution >= 4 is 15.9 Å². The normalized spacial score (nSPS) is 15.0. The molecule has 0 fully saturated rings. The zero-order valence-corrected chi connectivity index (χ0v) is 10.2. The van der Waals surface area contributed by atoms with Crippen molar-refractivity contribution in [3.8, 4) is 0 Å². The number of benzene rings is 1. The van der Waals surface area contributed by atoms with Gasteiger partial charge in [0.15, 0.2) is 0 Å². The highest BCUT2D eigenvalue weighted by Gasteiger charge is 2.26. The smallest absolute Gasteiger partial charge is 0.126 e. The fourth-order valence-corrected chi connectivity index (χ4v) is 1.93. The SMILES string of the molecule is CCC(F)(CN)Cc1cc(F)cc(Br)c1. The molecule has 1 aromatic carbocycles. The van der Waals surface area contributed by atoms with Gasteiger partial charge < -0.3 is 5.73 Å². The predicted molar refractivity (Wildman–Crippen MR) is 61.0 cm³/mol. The van der Waals surface area contributed by atoms with E-state index in [1.165, 1.54) is 12.1 Å². The minimum Gasteiger partial charge on any atom is -0.328 e. The zero-order chi connectivity index (χ0) is 11.5. The first-order valence-corrected chi connectivity index (χ1v) is 5.62. The van der Waals surface area contributed by atoms with Gasteiger partial charge >= 0.3 is 0 Å². The number of hydrogen-bond acceptors (Lipinski definition) is 1. The van der Waals surface area contributed by atoms with Crippen LogP contribution < -0.4 is 5.73 Å². The Morgan fingerprint density at radius 1 is 1.40 bits per heavy atom. The molecule has 0 saturated carbocycles. The highest BCUT2D eigenvalue weighted by molar-refractivity contribution is 9.10. The Labute approximate surface area is 96.8 Å². The van der Waals surface area contributed by atoms with Gasteiger partial charge in [-0.05, 0) is 30.2 Å². The molecule has 2 N–H and O–H groups in total. The number of halogens is 3. The first-order valence-electron chi connectivity index (χ1n) is 4.83. The third-order valence-electron chi connectivity index (χ3n) is 2.44. The van der Waals surface area contributed by atoms with E-state index in [4.69, 9.17) is 5.73 Å². The lowest BCUT2D eigenvalue weighted by atomic mass is 9.94. The highest BCUT2D eigenvalue weighted by Crippen LogP contribution is 2.23. The van der Waals surface area contributed by atoms with Crippen molar-refractivity contribution in [2.75, 3.05) is 6.54 Å². The molecule has 0 saturated heterocycles. The Kier molecular flexibility index (Phi) is 4.22. The van der Waals surface area contributed by atoms with Gasteiger partial charge in [0.25, 0.3) is 0 Å². The summed E-state index contributed by atoms with van der Waals surface area (Å²) in [4.78, 5) is 0. The second-order valence-electron chi connectivity index (χ2n) is 3.66. The van der Waals surface area contributed by atoms with Crippen LogP contribution in [0.1, 0.15) is 18.9 Å². The van der Waals surface area contributed by atoms with Crippen LogP contribution in [0.4, 0.5) is 8.78 Å². The maximum Gasteiger partial charge on any atom is 0.126 e. The lowest BCUT2D eigenvalue weighted by Gasteiger charge is -2.21. The minimum absolute atomic E-state index is 0.0440. The Morgan fingerprint density at radius 3 is 2.53 bits per heavy atom. The minimum atomic E-state index is -1.44. The second kappa shape index (κ2) is 5.03. The first kappa shape index (κ1) is 12.6. The first-order chi connectivity index (χ1) is 6.99. The highest BCUT2D eigenvalue weighted by atomic mass is 79.9. The van der Waals surface area contributed by atoms with E-state index in [0.29, 0.717) is 16.5 Å². The molecule has 0 spiro atoms. The molecule has 1 unspecified atom stereocenters. The maximum atomic E-state index is 13.9. The zero-order valence-electron chi connectivity index (χ0n) is 8.56. The molecular formula is C11H14BrF2N. The summed E-state index contributed by atoms with van der Waals surface area (Å²) in [5.74, 6) is -0.366.